The molecular weight excluding hydrogens is 311 g/mol. The number of hydrogen-bond donors (Lipinski definition) is 2. The van der Waals surface area contributed by atoms with Gasteiger partial charge in [0.25, 0.3) is 5.91 Å². The van der Waals surface area contributed by atoms with E-state index in [1.165, 1.54) is 6.07 Å². The van der Waals surface area contributed by atoms with Crippen LogP contribution in [-0.4, -0.2) is 41.8 Å². The second kappa shape index (κ2) is 9.11. The van der Waals surface area contributed by atoms with Crippen molar-refractivity contribution >= 4 is 5.91 Å². The molecule has 5 nitrogen and oxygen atoms in total. The van der Waals surface area contributed by atoms with Crippen LogP contribution in [0.4, 0.5) is 4.39 Å². The zero-order valence-corrected chi connectivity index (χ0v) is 14.5. The average molecular weight is 338 g/mol. The van der Waals surface area contributed by atoms with Crippen molar-refractivity contribution in [2.75, 3.05) is 19.7 Å². The molecule has 0 saturated carbocycles. The second-order valence-electron chi connectivity index (χ2n) is 6.39. The zero-order valence-electron chi connectivity index (χ0n) is 14.5. The predicted octanol–water partition coefficient (Wildman–Crippen LogP) is 2.90. The molecular formula is C18H27FN2O3. The number of nitrogens with zero attached hydrogens (tertiary/aromatic N) is 1. The van der Waals surface area contributed by atoms with Crippen molar-refractivity contribution < 1.29 is 19.1 Å². The van der Waals surface area contributed by atoms with E-state index in [2.05, 4.69) is 18.7 Å². The Kier molecular flexibility index (Phi) is 7.15. The fraction of sp³-hybridized carbons (Fsp3) is 0.611. The molecule has 0 aliphatic carbocycles. The molecule has 24 heavy (non-hydrogen) atoms. The molecule has 1 aliphatic rings. The summed E-state index contributed by atoms with van der Waals surface area (Å²) in [5.41, 5.74) is 3.22. The lowest BCUT2D eigenvalue weighted by molar-refractivity contribution is 0.0567. The highest BCUT2D eigenvalue weighted by atomic mass is 19.1. The molecule has 0 spiro atoms. The highest BCUT2D eigenvalue weighted by Gasteiger charge is 2.21. The first-order valence-corrected chi connectivity index (χ1v) is 8.64. The Labute approximate surface area is 142 Å². The molecule has 1 aliphatic heterocycles. The van der Waals surface area contributed by atoms with Crippen LogP contribution in [0.15, 0.2) is 12.1 Å². The van der Waals surface area contributed by atoms with Crippen molar-refractivity contribution in [2.45, 2.75) is 52.2 Å². The van der Waals surface area contributed by atoms with Crippen molar-refractivity contribution in [3.63, 3.8) is 0 Å². The normalized spacial score (nSPS) is 15.8. The van der Waals surface area contributed by atoms with E-state index in [1.54, 1.807) is 11.5 Å². The molecule has 1 heterocycles. The molecule has 1 aromatic carbocycles. The van der Waals surface area contributed by atoms with Crippen LogP contribution in [0.5, 0.6) is 0 Å². The molecule has 1 atom stereocenters. The Morgan fingerprint density at radius 2 is 2.29 bits per heavy atom. The van der Waals surface area contributed by atoms with E-state index in [0.717, 1.165) is 44.5 Å². The Morgan fingerprint density at radius 1 is 1.50 bits per heavy atom. The van der Waals surface area contributed by atoms with Gasteiger partial charge in [-0.25, -0.2) is 9.87 Å². The molecule has 0 aromatic heterocycles. The minimum atomic E-state index is -0.680. The van der Waals surface area contributed by atoms with Gasteiger partial charge in [-0.2, -0.15) is 0 Å². The number of hydroxylamine groups is 1. The van der Waals surface area contributed by atoms with Crippen LogP contribution < -0.4 is 5.48 Å². The molecule has 6 heteroatoms. The van der Waals surface area contributed by atoms with Crippen molar-refractivity contribution in [3.8, 4) is 0 Å². The maximum atomic E-state index is 14.3. The summed E-state index contributed by atoms with van der Waals surface area (Å²) < 4.78 is 19.9. The minimum absolute atomic E-state index is 0.157. The third kappa shape index (κ3) is 5.00. The highest BCUT2D eigenvalue weighted by molar-refractivity contribution is 5.93. The van der Waals surface area contributed by atoms with E-state index in [0.29, 0.717) is 18.5 Å². The van der Waals surface area contributed by atoms with Crippen molar-refractivity contribution in [2.24, 2.45) is 0 Å². The Morgan fingerprint density at radius 3 is 3.00 bits per heavy atom. The number of ether oxygens (including phenoxy) is 1. The smallest absolute Gasteiger partial charge is 0.274 e. The molecule has 0 bridgehead atoms. The number of benzene rings is 1. The maximum absolute atomic E-state index is 14.3. The summed E-state index contributed by atoms with van der Waals surface area (Å²) in [6, 6.07) is 2.86. The van der Waals surface area contributed by atoms with Gasteiger partial charge in [0.05, 0.1) is 6.10 Å². The third-order valence-electron chi connectivity index (χ3n) is 4.42. The van der Waals surface area contributed by atoms with Gasteiger partial charge in [0.15, 0.2) is 0 Å². The number of rotatable bonds is 8. The topological polar surface area (TPSA) is 61.8 Å². The number of fused-ring (bicyclic) bond motifs is 1. The summed E-state index contributed by atoms with van der Waals surface area (Å²) in [6.07, 6.45) is 4.02. The van der Waals surface area contributed by atoms with E-state index in [1.807, 2.05) is 0 Å². The number of nitrogens with one attached hydrogen (secondary N) is 1. The molecule has 1 aromatic rings. The van der Waals surface area contributed by atoms with Gasteiger partial charge in [0.2, 0.25) is 0 Å². The van der Waals surface area contributed by atoms with Crippen LogP contribution >= 0.6 is 0 Å². The van der Waals surface area contributed by atoms with Crippen LogP contribution in [-0.2, 0) is 17.7 Å². The Bertz CT molecular complexity index is 565. The minimum Gasteiger partial charge on any atom is -0.379 e. The number of hydrogen-bond acceptors (Lipinski definition) is 4. The number of halogens is 1. The molecule has 1 unspecified atom stereocenters. The molecule has 1 amide bonds. The van der Waals surface area contributed by atoms with Gasteiger partial charge < -0.3 is 4.74 Å². The summed E-state index contributed by atoms with van der Waals surface area (Å²) in [7, 11) is 0. The number of carbonyl (C=O) groups excluding carboxylic acids is 1. The van der Waals surface area contributed by atoms with Crippen molar-refractivity contribution in [1.82, 2.24) is 10.4 Å². The quantitative estimate of drug-likeness (QED) is 0.565. The van der Waals surface area contributed by atoms with Gasteiger partial charge in [0.1, 0.15) is 5.82 Å². The number of amides is 1. The lowest BCUT2D eigenvalue weighted by Crippen LogP contribution is -2.33. The van der Waals surface area contributed by atoms with E-state index in [9.17, 15) is 9.18 Å². The summed E-state index contributed by atoms with van der Waals surface area (Å²) in [5.74, 6) is -1.06. The lowest BCUT2D eigenvalue weighted by atomic mass is 9.96. The first kappa shape index (κ1) is 18.8. The van der Waals surface area contributed by atoms with Crippen LogP contribution in [0.25, 0.3) is 0 Å². The standard InChI is InChI=1S/C18H27FN2O3/c1-3-9-24-13(2)5-4-7-21-8-6-14-10-15(18(22)20-23)11-17(19)16(14)12-21/h10-11,13,23H,3-9,12H2,1-2H3,(H,20,22). The van der Waals surface area contributed by atoms with Crippen LogP contribution in [0.2, 0.25) is 0 Å². The van der Waals surface area contributed by atoms with Gasteiger partial charge in [0, 0.05) is 30.8 Å². The van der Waals surface area contributed by atoms with Gasteiger partial charge in [-0.15, -0.1) is 0 Å². The first-order valence-electron chi connectivity index (χ1n) is 8.64. The second-order valence-corrected chi connectivity index (χ2v) is 6.39. The van der Waals surface area contributed by atoms with Crippen LogP contribution in [0.3, 0.4) is 0 Å². The summed E-state index contributed by atoms with van der Waals surface area (Å²) in [5, 5.41) is 8.68. The molecule has 0 fully saturated rings. The molecule has 0 saturated heterocycles. The number of carbonyl (C=O) groups is 1. The first-order chi connectivity index (χ1) is 11.5. The lowest BCUT2D eigenvalue weighted by Gasteiger charge is -2.29. The molecule has 0 radical (unpaired) electrons. The fourth-order valence-electron chi connectivity index (χ4n) is 3.07. The van der Waals surface area contributed by atoms with Crippen LogP contribution in [0.1, 0.15) is 54.6 Å². The summed E-state index contributed by atoms with van der Waals surface area (Å²) >= 11 is 0. The Hall–Kier alpha value is -1.50. The monoisotopic (exact) mass is 338 g/mol. The van der Waals surface area contributed by atoms with E-state index < -0.39 is 5.91 Å². The van der Waals surface area contributed by atoms with E-state index in [4.69, 9.17) is 9.94 Å². The van der Waals surface area contributed by atoms with Gasteiger partial charge >= 0.3 is 0 Å². The molecule has 2 rings (SSSR count). The van der Waals surface area contributed by atoms with E-state index in [-0.39, 0.29) is 17.5 Å². The SMILES string of the molecule is CCCOC(C)CCCN1CCc2cc(C(=O)NO)cc(F)c2C1. The Balaban J connectivity index is 1.89. The van der Waals surface area contributed by atoms with Crippen molar-refractivity contribution in [1.29, 1.82) is 0 Å². The summed E-state index contributed by atoms with van der Waals surface area (Å²) in [6.45, 7) is 7.31. The third-order valence-corrected chi connectivity index (χ3v) is 4.42. The van der Waals surface area contributed by atoms with E-state index >= 15 is 0 Å². The average Bonchev–Trinajstić information content (AvgIpc) is 2.59. The van der Waals surface area contributed by atoms with Crippen molar-refractivity contribution in [3.05, 3.63) is 34.6 Å². The van der Waals surface area contributed by atoms with Gasteiger partial charge in [-0.1, -0.05) is 6.92 Å². The molecule has 2 N–H and O–H groups in total. The fourth-order valence-corrected chi connectivity index (χ4v) is 3.07. The van der Waals surface area contributed by atoms with Crippen LogP contribution in [0, 0.1) is 5.82 Å². The molecule has 134 valence electrons. The predicted molar refractivity (Wildman–Crippen MR) is 89.6 cm³/mol. The summed E-state index contributed by atoms with van der Waals surface area (Å²) in [4.78, 5) is 13.7. The highest BCUT2D eigenvalue weighted by Crippen LogP contribution is 2.24. The largest absolute Gasteiger partial charge is 0.379 e. The van der Waals surface area contributed by atoms with Gasteiger partial charge in [-0.05, 0) is 56.8 Å². The maximum Gasteiger partial charge on any atom is 0.274 e. The zero-order chi connectivity index (χ0) is 17.5. The van der Waals surface area contributed by atoms with Gasteiger partial charge in [-0.3, -0.25) is 14.9 Å².